The van der Waals surface area contributed by atoms with E-state index in [4.69, 9.17) is 4.74 Å². The minimum Gasteiger partial charge on any atom is -0.454 e. The van der Waals surface area contributed by atoms with Gasteiger partial charge in [-0.3, -0.25) is 14.9 Å². The molecule has 0 unspecified atom stereocenters. The number of esters is 1. The molecule has 142 valence electrons. The number of carbonyl (C=O) groups is 2. The number of carbonyl (C=O) groups excluding carboxylic acids is 2. The highest BCUT2D eigenvalue weighted by Gasteiger charge is 2.24. The van der Waals surface area contributed by atoms with Crippen LogP contribution in [0.5, 0.6) is 0 Å². The number of nitrogens with zero attached hydrogens (tertiary/aromatic N) is 1. The summed E-state index contributed by atoms with van der Waals surface area (Å²) in [4.78, 5) is 33.3. The van der Waals surface area contributed by atoms with E-state index < -0.39 is 55.3 Å². The van der Waals surface area contributed by atoms with Gasteiger partial charge in [-0.25, -0.2) is 22.0 Å². The molecule has 0 bridgehead atoms. The van der Waals surface area contributed by atoms with Crippen molar-refractivity contribution >= 4 is 27.3 Å². The Hall–Kier alpha value is -3.21. The Balaban J connectivity index is 2.18. The van der Waals surface area contributed by atoms with Gasteiger partial charge in [0.1, 0.15) is 4.90 Å². The van der Waals surface area contributed by atoms with Gasteiger partial charge in [0.2, 0.25) is 0 Å². The van der Waals surface area contributed by atoms with Crippen molar-refractivity contribution in [2.24, 2.45) is 0 Å². The number of ketones is 1. The summed E-state index contributed by atoms with van der Waals surface area (Å²) in [5.41, 5.74) is -1.41. The molecule has 0 fully saturated rings. The summed E-state index contributed by atoms with van der Waals surface area (Å²) in [5.74, 6) is -4.36. The number of nitro benzene ring substituents is 1. The first kappa shape index (κ1) is 20.1. The van der Waals surface area contributed by atoms with Gasteiger partial charge in [-0.15, -0.1) is 0 Å². The van der Waals surface area contributed by atoms with Crippen molar-refractivity contribution in [2.75, 3.05) is 12.9 Å². The first-order valence-corrected chi connectivity index (χ1v) is 9.03. The Bertz CT molecular complexity index is 1050. The SMILES string of the molecule is CS(=O)(=O)c1ccc(C(=O)OCC(=O)c2ccc(F)c(F)c2)cc1[N+](=O)[O-]. The van der Waals surface area contributed by atoms with Crippen LogP contribution in [0.25, 0.3) is 0 Å². The first-order valence-electron chi connectivity index (χ1n) is 7.14. The van der Waals surface area contributed by atoms with Crippen LogP contribution in [0.3, 0.4) is 0 Å². The highest BCUT2D eigenvalue weighted by Crippen LogP contribution is 2.25. The number of hydrogen-bond acceptors (Lipinski definition) is 7. The molecule has 27 heavy (non-hydrogen) atoms. The number of rotatable bonds is 6. The lowest BCUT2D eigenvalue weighted by atomic mass is 10.1. The van der Waals surface area contributed by atoms with Crippen LogP contribution in [0, 0.1) is 21.7 Å². The van der Waals surface area contributed by atoms with Crippen LogP contribution >= 0.6 is 0 Å². The molecule has 0 aliphatic heterocycles. The fourth-order valence-electron chi connectivity index (χ4n) is 2.07. The zero-order valence-corrected chi connectivity index (χ0v) is 14.5. The summed E-state index contributed by atoms with van der Waals surface area (Å²) in [6, 6.07) is 4.95. The van der Waals surface area contributed by atoms with Gasteiger partial charge in [-0.05, 0) is 30.3 Å². The summed E-state index contributed by atoms with van der Waals surface area (Å²) < 4.78 is 53.7. The molecule has 0 N–H and O–H groups in total. The molecule has 8 nitrogen and oxygen atoms in total. The third-order valence-corrected chi connectivity index (χ3v) is 4.51. The second kappa shape index (κ2) is 7.58. The minimum absolute atomic E-state index is 0.236. The van der Waals surface area contributed by atoms with E-state index >= 15 is 0 Å². The molecule has 0 atom stereocenters. The highest BCUT2D eigenvalue weighted by atomic mass is 32.2. The number of Topliss-reactive ketones (excluding diaryl/α,β-unsaturated/α-hetero) is 1. The average Bonchev–Trinajstić information content (AvgIpc) is 2.60. The molecular formula is C16H11F2NO7S. The summed E-state index contributed by atoms with van der Waals surface area (Å²) in [7, 11) is -3.90. The molecule has 0 radical (unpaired) electrons. The molecule has 0 aliphatic carbocycles. The predicted octanol–water partition coefficient (Wildman–Crippen LogP) is 2.32. The van der Waals surface area contributed by atoms with Gasteiger partial charge in [0, 0.05) is 17.9 Å². The molecule has 11 heteroatoms. The monoisotopic (exact) mass is 399 g/mol. The van der Waals surface area contributed by atoms with Gasteiger partial charge in [0.25, 0.3) is 5.69 Å². The first-order chi connectivity index (χ1) is 12.5. The Morgan fingerprint density at radius 2 is 1.70 bits per heavy atom. The number of benzene rings is 2. The van der Waals surface area contributed by atoms with E-state index in [0.29, 0.717) is 12.1 Å². The van der Waals surface area contributed by atoms with Gasteiger partial charge < -0.3 is 4.74 Å². The standard InChI is InChI=1S/C16H11F2NO7S/c1-27(24,25)15-5-3-10(7-13(15)19(22)23)16(21)26-8-14(20)9-2-4-11(17)12(18)6-9/h2-7H,8H2,1H3. The lowest BCUT2D eigenvalue weighted by Crippen LogP contribution is -2.15. The molecule has 0 saturated carbocycles. The van der Waals surface area contributed by atoms with Crippen molar-refractivity contribution in [3.05, 3.63) is 69.3 Å². The minimum atomic E-state index is -3.90. The largest absolute Gasteiger partial charge is 0.454 e. The molecule has 0 aromatic heterocycles. The van der Waals surface area contributed by atoms with E-state index in [2.05, 4.69) is 0 Å². The Morgan fingerprint density at radius 3 is 2.26 bits per heavy atom. The maximum Gasteiger partial charge on any atom is 0.338 e. The molecular weight excluding hydrogens is 388 g/mol. The van der Waals surface area contributed by atoms with E-state index in [1.807, 2.05) is 0 Å². The number of hydrogen-bond donors (Lipinski definition) is 0. The number of nitro groups is 1. The Morgan fingerprint density at radius 1 is 1.07 bits per heavy atom. The van der Waals surface area contributed by atoms with E-state index in [-0.39, 0.29) is 11.1 Å². The van der Waals surface area contributed by atoms with Gasteiger partial charge in [-0.1, -0.05) is 0 Å². The molecule has 0 heterocycles. The van der Waals surface area contributed by atoms with Crippen LogP contribution < -0.4 is 0 Å². The fraction of sp³-hybridized carbons (Fsp3) is 0.125. The maximum atomic E-state index is 13.1. The molecule has 0 spiro atoms. The van der Waals surface area contributed by atoms with Crippen molar-refractivity contribution < 1.29 is 36.4 Å². The van der Waals surface area contributed by atoms with Crippen LogP contribution in [-0.4, -0.2) is 38.0 Å². The summed E-state index contributed by atoms with van der Waals surface area (Å²) in [6.07, 6.45) is 0.772. The summed E-state index contributed by atoms with van der Waals surface area (Å²) in [6.45, 7) is -0.828. The van der Waals surface area contributed by atoms with Crippen molar-refractivity contribution in [2.45, 2.75) is 4.90 Å². The van der Waals surface area contributed by atoms with Gasteiger partial charge in [0.05, 0.1) is 10.5 Å². The van der Waals surface area contributed by atoms with Crippen LogP contribution in [0.1, 0.15) is 20.7 Å². The normalized spacial score (nSPS) is 11.1. The highest BCUT2D eigenvalue weighted by molar-refractivity contribution is 7.90. The molecule has 0 aliphatic rings. The van der Waals surface area contributed by atoms with Crippen LogP contribution in [0.2, 0.25) is 0 Å². The lowest BCUT2D eigenvalue weighted by molar-refractivity contribution is -0.387. The van der Waals surface area contributed by atoms with Gasteiger partial charge in [0.15, 0.2) is 33.9 Å². The zero-order chi connectivity index (χ0) is 20.4. The smallest absolute Gasteiger partial charge is 0.338 e. The Labute approximate surface area is 151 Å². The third-order valence-electron chi connectivity index (χ3n) is 3.37. The van der Waals surface area contributed by atoms with Crippen molar-refractivity contribution in [1.29, 1.82) is 0 Å². The third kappa shape index (κ3) is 4.70. The number of ether oxygens (including phenoxy) is 1. The van der Waals surface area contributed by atoms with E-state index in [9.17, 15) is 36.9 Å². The lowest BCUT2D eigenvalue weighted by Gasteiger charge is -2.06. The molecule has 2 aromatic carbocycles. The quantitative estimate of drug-likeness (QED) is 0.316. The molecule has 0 saturated heterocycles. The number of sulfone groups is 1. The Kier molecular flexibility index (Phi) is 5.64. The topological polar surface area (TPSA) is 121 Å². The van der Waals surface area contributed by atoms with Crippen molar-refractivity contribution in [3.8, 4) is 0 Å². The molecule has 2 aromatic rings. The van der Waals surface area contributed by atoms with Crippen LogP contribution in [-0.2, 0) is 14.6 Å². The van der Waals surface area contributed by atoms with Gasteiger partial charge in [-0.2, -0.15) is 0 Å². The maximum absolute atomic E-state index is 13.1. The van der Waals surface area contributed by atoms with E-state index in [1.54, 1.807) is 0 Å². The molecule has 2 rings (SSSR count). The molecule has 0 amide bonds. The fourth-order valence-corrected chi connectivity index (χ4v) is 2.90. The van der Waals surface area contributed by atoms with Crippen LogP contribution in [0.15, 0.2) is 41.3 Å². The van der Waals surface area contributed by atoms with E-state index in [0.717, 1.165) is 30.5 Å². The second-order valence-corrected chi connectivity index (χ2v) is 7.32. The van der Waals surface area contributed by atoms with Crippen molar-refractivity contribution in [3.63, 3.8) is 0 Å². The summed E-state index contributed by atoms with van der Waals surface area (Å²) in [5, 5.41) is 11.0. The average molecular weight is 399 g/mol. The van der Waals surface area contributed by atoms with E-state index in [1.165, 1.54) is 0 Å². The second-order valence-electron chi connectivity index (χ2n) is 5.34. The zero-order valence-electron chi connectivity index (χ0n) is 13.6. The van der Waals surface area contributed by atoms with Crippen LogP contribution in [0.4, 0.5) is 14.5 Å². The van der Waals surface area contributed by atoms with Gasteiger partial charge >= 0.3 is 5.97 Å². The number of halogens is 2. The van der Waals surface area contributed by atoms with Crippen molar-refractivity contribution in [1.82, 2.24) is 0 Å². The summed E-state index contributed by atoms with van der Waals surface area (Å²) >= 11 is 0. The predicted molar refractivity (Wildman–Crippen MR) is 87.2 cm³/mol.